The van der Waals surface area contributed by atoms with Crippen LogP contribution in [-0.4, -0.2) is 15.0 Å². The summed E-state index contributed by atoms with van der Waals surface area (Å²) in [5.74, 6) is 1.88. The van der Waals surface area contributed by atoms with Gasteiger partial charge in [0.25, 0.3) is 0 Å². The molecule has 218 valence electrons. The van der Waals surface area contributed by atoms with Crippen molar-refractivity contribution in [2.24, 2.45) is 0 Å². The molecular weight excluding hydrogens is 562 g/mol. The molecule has 0 radical (unpaired) electrons. The van der Waals surface area contributed by atoms with Crippen molar-refractivity contribution in [3.05, 3.63) is 162 Å². The monoisotopic (exact) mass is 591 g/mol. The zero-order valence-electron chi connectivity index (χ0n) is 25.3. The lowest BCUT2D eigenvalue weighted by Crippen LogP contribution is -2.00. The number of nitrogens with zero attached hydrogens (tertiary/aromatic N) is 3. The predicted octanol–water partition coefficient (Wildman–Crippen LogP) is 10.9. The van der Waals surface area contributed by atoms with E-state index in [0.717, 1.165) is 49.8 Å². The van der Waals surface area contributed by atoms with Crippen LogP contribution in [-0.2, 0) is 0 Å². The average Bonchev–Trinajstić information content (AvgIpc) is 3.50. The van der Waals surface area contributed by atoms with Gasteiger partial charge in [-0.25, -0.2) is 15.0 Å². The minimum atomic E-state index is 0.611. The van der Waals surface area contributed by atoms with Crippen LogP contribution in [0.4, 0.5) is 0 Å². The Labute approximate surface area is 267 Å². The maximum Gasteiger partial charge on any atom is 0.164 e. The van der Waals surface area contributed by atoms with E-state index in [9.17, 15) is 0 Å². The SMILES string of the molecule is Cc1cc(-c2ccc3c(c2)oc2cccc(-c4nc(-c5ccccc5)nc(-c5ccccc5)n4)c23)ccc1/C=C\c1ccccc1. The molecule has 4 heteroatoms. The molecule has 2 heterocycles. The van der Waals surface area contributed by atoms with Crippen molar-refractivity contribution >= 4 is 34.1 Å². The highest BCUT2D eigenvalue weighted by molar-refractivity contribution is 6.12. The van der Waals surface area contributed by atoms with E-state index in [1.807, 2.05) is 78.9 Å². The molecule has 0 saturated carbocycles. The number of fused-ring (bicyclic) bond motifs is 3. The van der Waals surface area contributed by atoms with Crippen LogP contribution in [0.3, 0.4) is 0 Å². The van der Waals surface area contributed by atoms with Crippen LogP contribution < -0.4 is 0 Å². The van der Waals surface area contributed by atoms with Gasteiger partial charge >= 0.3 is 0 Å². The second-order valence-electron chi connectivity index (χ2n) is 11.3. The van der Waals surface area contributed by atoms with Crippen molar-refractivity contribution in [3.8, 4) is 45.3 Å². The van der Waals surface area contributed by atoms with Crippen LogP contribution in [0.2, 0.25) is 0 Å². The van der Waals surface area contributed by atoms with Gasteiger partial charge in [-0.1, -0.05) is 140 Å². The summed E-state index contributed by atoms with van der Waals surface area (Å²) in [7, 11) is 0. The molecule has 0 aliphatic rings. The molecule has 8 rings (SSSR count). The normalized spacial score (nSPS) is 11.5. The zero-order chi connectivity index (χ0) is 30.9. The van der Waals surface area contributed by atoms with E-state index in [1.165, 1.54) is 16.7 Å². The fourth-order valence-corrected chi connectivity index (χ4v) is 5.91. The van der Waals surface area contributed by atoms with Crippen molar-refractivity contribution < 1.29 is 4.42 Å². The van der Waals surface area contributed by atoms with Crippen LogP contribution in [0.15, 0.2) is 150 Å². The summed E-state index contributed by atoms with van der Waals surface area (Å²) < 4.78 is 6.47. The maximum absolute atomic E-state index is 6.47. The molecule has 0 aliphatic heterocycles. The van der Waals surface area contributed by atoms with Gasteiger partial charge in [0.15, 0.2) is 17.5 Å². The third kappa shape index (κ3) is 5.27. The van der Waals surface area contributed by atoms with E-state index in [-0.39, 0.29) is 0 Å². The summed E-state index contributed by atoms with van der Waals surface area (Å²) in [5.41, 5.74) is 10.3. The molecule has 4 nitrogen and oxygen atoms in total. The first-order chi connectivity index (χ1) is 22.7. The Bertz CT molecular complexity index is 2300. The van der Waals surface area contributed by atoms with Crippen molar-refractivity contribution in [2.45, 2.75) is 6.92 Å². The molecule has 8 aromatic rings. The fraction of sp³-hybridized carbons (Fsp3) is 0.0238. The highest BCUT2D eigenvalue weighted by atomic mass is 16.3. The Hall–Kier alpha value is -6.13. The largest absolute Gasteiger partial charge is 0.456 e. The van der Waals surface area contributed by atoms with Crippen molar-refractivity contribution in [2.75, 3.05) is 0 Å². The molecule has 0 amide bonds. The zero-order valence-corrected chi connectivity index (χ0v) is 25.3. The Morgan fingerprint density at radius 2 is 1.09 bits per heavy atom. The van der Waals surface area contributed by atoms with E-state index in [2.05, 4.69) is 85.8 Å². The highest BCUT2D eigenvalue weighted by Crippen LogP contribution is 2.38. The van der Waals surface area contributed by atoms with Crippen LogP contribution in [0.5, 0.6) is 0 Å². The van der Waals surface area contributed by atoms with E-state index in [1.54, 1.807) is 0 Å². The van der Waals surface area contributed by atoms with Gasteiger partial charge in [-0.05, 0) is 52.9 Å². The summed E-state index contributed by atoms with van der Waals surface area (Å²) in [6, 6.07) is 49.6. The minimum Gasteiger partial charge on any atom is -0.456 e. The molecule has 0 unspecified atom stereocenters. The minimum absolute atomic E-state index is 0.611. The lowest BCUT2D eigenvalue weighted by atomic mass is 9.98. The van der Waals surface area contributed by atoms with Gasteiger partial charge in [-0.3, -0.25) is 0 Å². The maximum atomic E-state index is 6.47. The van der Waals surface area contributed by atoms with Gasteiger partial charge in [0.1, 0.15) is 11.2 Å². The van der Waals surface area contributed by atoms with Crippen molar-refractivity contribution in [1.29, 1.82) is 0 Å². The third-order valence-corrected chi connectivity index (χ3v) is 8.30. The number of aryl methyl sites for hydroxylation is 1. The van der Waals surface area contributed by atoms with Crippen LogP contribution in [0.25, 0.3) is 79.4 Å². The van der Waals surface area contributed by atoms with Crippen molar-refractivity contribution in [1.82, 2.24) is 15.0 Å². The second-order valence-corrected chi connectivity index (χ2v) is 11.3. The van der Waals surface area contributed by atoms with Gasteiger partial charge in [0.2, 0.25) is 0 Å². The lowest BCUT2D eigenvalue weighted by molar-refractivity contribution is 0.669. The summed E-state index contributed by atoms with van der Waals surface area (Å²) in [6.45, 7) is 2.16. The smallest absolute Gasteiger partial charge is 0.164 e. The van der Waals surface area contributed by atoms with E-state index < -0.39 is 0 Å². The van der Waals surface area contributed by atoms with Crippen molar-refractivity contribution in [3.63, 3.8) is 0 Å². The number of aromatic nitrogens is 3. The van der Waals surface area contributed by atoms with E-state index in [0.29, 0.717) is 17.5 Å². The predicted molar refractivity (Wildman–Crippen MR) is 189 cm³/mol. The molecular formula is C42H29N3O. The molecule has 0 spiro atoms. The fourth-order valence-electron chi connectivity index (χ4n) is 5.91. The Morgan fingerprint density at radius 1 is 0.478 bits per heavy atom. The lowest BCUT2D eigenvalue weighted by Gasteiger charge is -2.09. The number of rotatable bonds is 6. The van der Waals surface area contributed by atoms with Crippen LogP contribution >= 0.6 is 0 Å². The molecule has 46 heavy (non-hydrogen) atoms. The molecule has 6 aromatic carbocycles. The molecule has 0 bridgehead atoms. The first-order valence-electron chi connectivity index (χ1n) is 15.4. The summed E-state index contributed by atoms with van der Waals surface area (Å²) in [4.78, 5) is 14.8. The number of hydrogen-bond acceptors (Lipinski definition) is 4. The quantitative estimate of drug-likeness (QED) is 0.181. The molecule has 0 fully saturated rings. The van der Waals surface area contributed by atoms with Crippen LogP contribution in [0.1, 0.15) is 16.7 Å². The Balaban J connectivity index is 1.21. The topological polar surface area (TPSA) is 51.8 Å². The van der Waals surface area contributed by atoms with Crippen LogP contribution in [0, 0.1) is 6.92 Å². The first-order valence-corrected chi connectivity index (χ1v) is 15.4. The molecule has 0 saturated heterocycles. The number of benzene rings is 6. The first kappa shape index (κ1) is 27.4. The highest BCUT2D eigenvalue weighted by Gasteiger charge is 2.18. The molecule has 0 aliphatic carbocycles. The standard InChI is InChI=1S/C42H29N3O/c1-28-26-33(23-22-30(28)21-20-29-12-5-2-6-13-29)34-24-25-35-38(27-34)46-37-19-11-18-36(39(35)37)42-44-40(31-14-7-3-8-15-31)43-41(45-42)32-16-9-4-10-17-32/h2-27H,1H3/b21-20-. The van der Waals surface area contributed by atoms with E-state index in [4.69, 9.17) is 19.4 Å². The molecule has 0 atom stereocenters. The van der Waals surface area contributed by atoms with Gasteiger partial charge < -0.3 is 4.42 Å². The summed E-state index contributed by atoms with van der Waals surface area (Å²) in [5, 5.41) is 2.02. The Kier molecular flexibility index (Phi) is 7.01. The van der Waals surface area contributed by atoms with E-state index >= 15 is 0 Å². The average molecular weight is 592 g/mol. The second kappa shape index (κ2) is 11.8. The molecule has 0 N–H and O–H groups in total. The molecule has 2 aromatic heterocycles. The Morgan fingerprint density at radius 3 is 1.76 bits per heavy atom. The summed E-state index contributed by atoms with van der Waals surface area (Å²) in [6.07, 6.45) is 4.32. The number of hydrogen-bond donors (Lipinski definition) is 0. The van der Waals surface area contributed by atoms with Gasteiger partial charge in [0, 0.05) is 27.5 Å². The van der Waals surface area contributed by atoms with Gasteiger partial charge in [-0.15, -0.1) is 0 Å². The van der Waals surface area contributed by atoms with Gasteiger partial charge in [0.05, 0.1) is 0 Å². The van der Waals surface area contributed by atoms with Gasteiger partial charge in [-0.2, -0.15) is 0 Å². The summed E-state index contributed by atoms with van der Waals surface area (Å²) >= 11 is 0. The number of furan rings is 1. The third-order valence-electron chi connectivity index (χ3n) is 8.30.